The number of carboxylic acids is 1. The van der Waals surface area contributed by atoms with Crippen LogP contribution in [0.5, 0.6) is 0 Å². The van der Waals surface area contributed by atoms with E-state index in [1.807, 2.05) is 0 Å². The molecule has 2 heterocycles. The summed E-state index contributed by atoms with van der Waals surface area (Å²) in [5.41, 5.74) is 0.435. The molecule has 2 aromatic rings. The molecule has 82 valence electrons. The summed E-state index contributed by atoms with van der Waals surface area (Å²) >= 11 is 5.83. The Kier molecular flexibility index (Phi) is 2.57. The molecule has 0 unspecified atom stereocenters. The molecule has 0 radical (unpaired) electrons. The normalized spacial score (nSPS) is 10.4. The van der Waals surface area contributed by atoms with Crippen molar-refractivity contribution in [1.82, 2.24) is 19.7 Å². The zero-order valence-electron chi connectivity index (χ0n) is 8.25. The fourth-order valence-corrected chi connectivity index (χ4v) is 1.33. The summed E-state index contributed by atoms with van der Waals surface area (Å²) in [4.78, 5) is 18.6. The van der Waals surface area contributed by atoms with Gasteiger partial charge in [-0.25, -0.2) is 19.4 Å². The first-order chi connectivity index (χ1) is 7.59. The minimum absolute atomic E-state index is 0.144. The van der Waals surface area contributed by atoms with Crippen molar-refractivity contribution in [3.05, 3.63) is 35.0 Å². The van der Waals surface area contributed by atoms with Crippen LogP contribution in [0.15, 0.2) is 18.6 Å². The van der Waals surface area contributed by atoms with E-state index < -0.39 is 5.97 Å². The van der Waals surface area contributed by atoms with Crippen molar-refractivity contribution in [3.63, 3.8) is 0 Å². The average molecular weight is 239 g/mol. The molecule has 0 aliphatic heterocycles. The highest BCUT2D eigenvalue weighted by Gasteiger charge is 2.15. The maximum absolute atomic E-state index is 10.9. The summed E-state index contributed by atoms with van der Waals surface area (Å²) in [7, 11) is 0. The monoisotopic (exact) mass is 238 g/mol. The van der Waals surface area contributed by atoms with E-state index in [2.05, 4.69) is 15.1 Å². The molecule has 0 saturated carbocycles. The Morgan fingerprint density at radius 2 is 2.12 bits per heavy atom. The van der Waals surface area contributed by atoms with Gasteiger partial charge in [0, 0.05) is 12.4 Å². The maximum Gasteiger partial charge on any atom is 0.358 e. The lowest BCUT2D eigenvalue weighted by atomic mass is 10.4. The van der Waals surface area contributed by atoms with E-state index in [-0.39, 0.29) is 11.5 Å². The number of halogens is 1. The number of hydrogen-bond donors (Lipinski definition) is 1. The van der Waals surface area contributed by atoms with E-state index in [0.717, 1.165) is 0 Å². The van der Waals surface area contributed by atoms with Gasteiger partial charge in [0.1, 0.15) is 0 Å². The lowest BCUT2D eigenvalue weighted by Crippen LogP contribution is -2.10. The van der Waals surface area contributed by atoms with Crippen molar-refractivity contribution in [2.45, 2.75) is 6.92 Å². The Labute approximate surface area is 95.5 Å². The van der Waals surface area contributed by atoms with E-state index in [1.165, 1.54) is 23.3 Å². The number of carbonyl (C=O) groups is 1. The molecule has 0 aromatic carbocycles. The van der Waals surface area contributed by atoms with Gasteiger partial charge in [-0.2, -0.15) is 5.10 Å². The third-order valence-corrected chi connectivity index (χ3v) is 2.31. The molecule has 0 bridgehead atoms. The van der Waals surface area contributed by atoms with Gasteiger partial charge in [-0.3, -0.25) is 0 Å². The SMILES string of the molecule is Cc1nn(-c2nccnc2C(=O)O)cc1Cl. The first kappa shape index (κ1) is 10.6. The number of aryl methyl sites for hydroxylation is 1. The van der Waals surface area contributed by atoms with Crippen molar-refractivity contribution in [2.75, 3.05) is 0 Å². The Morgan fingerprint density at radius 3 is 2.69 bits per heavy atom. The molecule has 2 aromatic heterocycles. The highest BCUT2D eigenvalue weighted by Crippen LogP contribution is 2.16. The van der Waals surface area contributed by atoms with Crippen molar-refractivity contribution in [1.29, 1.82) is 0 Å². The minimum atomic E-state index is -1.16. The van der Waals surface area contributed by atoms with Gasteiger partial charge in [0.2, 0.25) is 0 Å². The predicted octanol–water partition coefficient (Wildman–Crippen LogP) is 1.32. The highest BCUT2D eigenvalue weighted by molar-refractivity contribution is 6.31. The minimum Gasteiger partial charge on any atom is -0.476 e. The van der Waals surface area contributed by atoms with Crippen molar-refractivity contribution in [2.24, 2.45) is 0 Å². The van der Waals surface area contributed by atoms with Gasteiger partial charge in [-0.1, -0.05) is 11.6 Å². The Morgan fingerprint density at radius 1 is 1.44 bits per heavy atom. The largest absolute Gasteiger partial charge is 0.476 e. The topological polar surface area (TPSA) is 80.9 Å². The van der Waals surface area contributed by atoms with E-state index in [0.29, 0.717) is 10.7 Å². The molecule has 0 fully saturated rings. The summed E-state index contributed by atoms with van der Waals surface area (Å²) in [5, 5.41) is 13.4. The number of aromatic carboxylic acids is 1. The number of nitrogens with zero attached hydrogens (tertiary/aromatic N) is 4. The van der Waals surface area contributed by atoms with E-state index >= 15 is 0 Å². The average Bonchev–Trinajstić information content (AvgIpc) is 2.59. The van der Waals surface area contributed by atoms with Crippen molar-refractivity contribution < 1.29 is 9.90 Å². The van der Waals surface area contributed by atoms with E-state index in [9.17, 15) is 4.79 Å². The molecule has 0 amide bonds. The van der Waals surface area contributed by atoms with Gasteiger partial charge < -0.3 is 5.11 Å². The van der Waals surface area contributed by atoms with Crippen molar-refractivity contribution in [3.8, 4) is 5.82 Å². The second-order valence-electron chi connectivity index (χ2n) is 3.04. The molecule has 6 nitrogen and oxygen atoms in total. The zero-order valence-corrected chi connectivity index (χ0v) is 9.01. The number of rotatable bonds is 2. The molecule has 0 saturated heterocycles. The molecule has 16 heavy (non-hydrogen) atoms. The molecule has 0 atom stereocenters. The maximum atomic E-state index is 10.9. The highest BCUT2D eigenvalue weighted by atomic mass is 35.5. The van der Waals surface area contributed by atoms with Crippen molar-refractivity contribution >= 4 is 17.6 Å². The van der Waals surface area contributed by atoms with Crippen LogP contribution >= 0.6 is 11.6 Å². The standard InChI is InChI=1S/C9H7ClN4O2/c1-5-6(10)4-14(13-5)8-7(9(15)16)11-2-3-12-8/h2-4H,1H3,(H,15,16). The van der Waals surface area contributed by atoms with Gasteiger partial charge in [0.15, 0.2) is 11.5 Å². The third kappa shape index (κ3) is 1.74. The first-order valence-corrected chi connectivity index (χ1v) is 4.74. The summed E-state index contributed by atoms with van der Waals surface area (Å²) in [5.74, 6) is -1.02. The Bertz CT molecular complexity index is 533. The Balaban J connectivity index is 2.59. The summed E-state index contributed by atoms with van der Waals surface area (Å²) in [6.45, 7) is 1.72. The van der Waals surface area contributed by atoms with Crippen LogP contribution in [-0.4, -0.2) is 30.8 Å². The van der Waals surface area contributed by atoms with Crippen LogP contribution < -0.4 is 0 Å². The van der Waals surface area contributed by atoms with Gasteiger partial charge in [-0.15, -0.1) is 0 Å². The van der Waals surface area contributed by atoms with Gasteiger partial charge in [-0.05, 0) is 6.92 Å². The molecule has 0 aliphatic rings. The van der Waals surface area contributed by atoms with Gasteiger partial charge in [0.05, 0.1) is 16.9 Å². The van der Waals surface area contributed by atoms with E-state index in [4.69, 9.17) is 16.7 Å². The van der Waals surface area contributed by atoms with Crippen LogP contribution in [0, 0.1) is 6.92 Å². The van der Waals surface area contributed by atoms with Gasteiger partial charge in [0.25, 0.3) is 0 Å². The quantitative estimate of drug-likeness (QED) is 0.853. The molecule has 0 spiro atoms. The van der Waals surface area contributed by atoms with Gasteiger partial charge >= 0.3 is 5.97 Å². The summed E-state index contributed by atoms with van der Waals surface area (Å²) in [6, 6.07) is 0. The zero-order chi connectivity index (χ0) is 11.7. The lowest BCUT2D eigenvalue weighted by molar-refractivity contribution is 0.0689. The van der Waals surface area contributed by atoms with Crippen LogP contribution in [0.4, 0.5) is 0 Å². The first-order valence-electron chi connectivity index (χ1n) is 4.36. The number of hydrogen-bond acceptors (Lipinski definition) is 4. The number of carboxylic acid groups (broad SMARTS) is 1. The predicted molar refractivity (Wildman–Crippen MR) is 55.9 cm³/mol. The third-order valence-electron chi connectivity index (χ3n) is 1.94. The van der Waals surface area contributed by atoms with Crippen LogP contribution in [0.25, 0.3) is 5.82 Å². The van der Waals surface area contributed by atoms with Crippen LogP contribution in [0.2, 0.25) is 5.02 Å². The molecular formula is C9H7ClN4O2. The second-order valence-corrected chi connectivity index (χ2v) is 3.45. The van der Waals surface area contributed by atoms with Crippen LogP contribution in [0.1, 0.15) is 16.2 Å². The lowest BCUT2D eigenvalue weighted by Gasteiger charge is -2.02. The molecule has 0 aliphatic carbocycles. The fraction of sp³-hybridized carbons (Fsp3) is 0.111. The molecule has 2 rings (SSSR count). The number of aromatic nitrogens is 4. The summed E-state index contributed by atoms with van der Waals surface area (Å²) in [6.07, 6.45) is 4.20. The second kappa shape index (κ2) is 3.90. The van der Waals surface area contributed by atoms with Crippen LogP contribution in [-0.2, 0) is 0 Å². The molecular weight excluding hydrogens is 232 g/mol. The van der Waals surface area contributed by atoms with E-state index in [1.54, 1.807) is 6.92 Å². The van der Waals surface area contributed by atoms with Crippen LogP contribution in [0.3, 0.4) is 0 Å². The molecule has 7 heteroatoms. The smallest absolute Gasteiger partial charge is 0.358 e. The molecule has 1 N–H and O–H groups in total. The fourth-order valence-electron chi connectivity index (χ4n) is 1.20. The Hall–Kier alpha value is -1.95. The summed E-state index contributed by atoms with van der Waals surface area (Å²) < 4.78 is 1.30.